The highest BCUT2D eigenvalue weighted by molar-refractivity contribution is 6.30. The Morgan fingerprint density at radius 3 is 2.03 bits per heavy atom. The second-order valence-electron chi connectivity index (χ2n) is 6.51. The highest BCUT2D eigenvalue weighted by Gasteiger charge is 2.12. The molecule has 0 aromatic heterocycles. The number of anilines is 3. The number of carbonyl (C=O) groups excluding carboxylic acids is 3. The van der Waals surface area contributed by atoms with Gasteiger partial charge in [-0.15, -0.1) is 0 Å². The molecular formula is C23H20ClN3O3. The lowest BCUT2D eigenvalue weighted by molar-refractivity contribution is -0.114. The Bertz CT molecular complexity index is 1080. The van der Waals surface area contributed by atoms with Gasteiger partial charge in [0.05, 0.1) is 23.6 Å². The average Bonchev–Trinajstić information content (AvgIpc) is 2.74. The zero-order valence-electron chi connectivity index (χ0n) is 16.2. The number of hydrogen-bond donors (Lipinski definition) is 3. The maximum absolute atomic E-state index is 12.5. The van der Waals surface area contributed by atoms with E-state index in [9.17, 15) is 14.4 Å². The number of para-hydroxylation sites is 3. The molecule has 30 heavy (non-hydrogen) atoms. The molecule has 2 amide bonds. The lowest BCUT2D eigenvalue weighted by Gasteiger charge is -2.14. The molecule has 152 valence electrons. The molecule has 0 spiro atoms. The predicted molar refractivity (Wildman–Crippen MR) is 119 cm³/mol. The van der Waals surface area contributed by atoms with Gasteiger partial charge < -0.3 is 16.0 Å². The number of amides is 2. The molecule has 3 aromatic rings. The first-order valence-corrected chi connectivity index (χ1v) is 9.61. The predicted octanol–water partition coefficient (Wildman–Crippen LogP) is 4.85. The average molecular weight is 422 g/mol. The molecule has 7 heteroatoms. The molecule has 0 aliphatic carbocycles. The molecule has 0 heterocycles. The van der Waals surface area contributed by atoms with E-state index in [1.54, 1.807) is 72.8 Å². The van der Waals surface area contributed by atoms with Crippen molar-refractivity contribution in [2.45, 2.75) is 6.92 Å². The first kappa shape index (κ1) is 21.1. The van der Waals surface area contributed by atoms with Crippen LogP contribution in [0.3, 0.4) is 0 Å². The van der Waals surface area contributed by atoms with Crippen molar-refractivity contribution in [3.05, 3.63) is 88.9 Å². The minimum atomic E-state index is -0.317. The van der Waals surface area contributed by atoms with Gasteiger partial charge in [0.2, 0.25) is 5.91 Å². The molecule has 3 N–H and O–H groups in total. The van der Waals surface area contributed by atoms with Crippen molar-refractivity contribution in [3.8, 4) is 0 Å². The fourth-order valence-electron chi connectivity index (χ4n) is 2.81. The van der Waals surface area contributed by atoms with Crippen LogP contribution in [0, 0.1) is 0 Å². The van der Waals surface area contributed by atoms with Crippen molar-refractivity contribution in [1.29, 1.82) is 0 Å². The zero-order chi connectivity index (χ0) is 21.5. The monoisotopic (exact) mass is 421 g/mol. The lowest BCUT2D eigenvalue weighted by atomic mass is 10.1. The van der Waals surface area contributed by atoms with Crippen LogP contribution in [0.2, 0.25) is 5.02 Å². The van der Waals surface area contributed by atoms with E-state index < -0.39 is 0 Å². The molecule has 0 saturated heterocycles. The van der Waals surface area contributed by atoms with Crippen LogP contribution in [0.1, 0.15) is 27.6 Å². The van der Waals surface area contributed by atoms with E-state index in [2.05, 4.69) is 16.0 Å². The second-order valence-corrected chi connectivity index (χ2v) is 6.95. The van der Waals surface area contributed by atoms with Gasteiger partial charge in [0.15, 0.2) is 5.78 Å². The summed E-state index contributed by atoms with van der Waals surface area (Å²) in [5.74, 6) is -0.739. The van der Waals surface area contributed by atoms with Gasteiger partial charge in [0.25, 0.3) is 5.91 Å². The smallest absolute Gasteiger partial charge is 0.255 e. The number of nitrogens with one attached hydrogen (secondary N) is 3. The molecule has 0 aliphatic rings. The number of halogens is 1. The van der Waals surface area contributed by atoms with Gasteiger partial charge in [-0.2, -0.15) is 0 Å². The van der Waals surface area contributed by atoms with Crippen LogP contribution in [0.15, 0.2) is 72.8 Å². The summed E-state index contributed by atoms with van der Waals surface area (Å²) in [5, 5.41) is 9.12. The molecule has 6 nitrogen and oxygen atoms in total. The quantitative estimate of drug-likeness (QED) is 0.476. The molecular weight excluding hydrogens is 402 g/mol. The molecule has 3 rings (SSSR count). The van der Waals surface area contributed by atoms with Crippen LogP contribution in [0.4, 0.5) is 17.1 Å². The van der Waals surface area contributed by atoms with Gasteiger partial charge in [-0.05, 0) is 55.5 Å². The topological polar surface area (TPSA) is 87.3 Å². The lowest BCUT2D eigenvalue weighted by Crippen LogP contribution is -2.23. The summed E-state index contributed by atoms with van der Waals surface area (Å²) in [5.41, 5.74) is 2.50. The third-order valence-corrected chi connectivity index (χ3v) is 4.55. The number of ketones is 1. The van der Waals surface area contributed by atoms with Gasteiger partial charge in [-0.1, -0.05) is 35.9 Å². The summed E-state index contributed by atoms with van der Waals surface area (Å²) in [6.45, 7) is 1.41. The molecule has 0 unspecified atom stereocenters. The van der Waals surface area contributed by atoms with E-state index >= 15 is 0 Å². The van der Waals surface area contributed by atoms with Gasteiger partial charge in [0.1, 0.15) is 0 Å². The maximum Gasteiger partial charge on any atom is 0.255 e. The van der Waals surface area contributed by atoms with E-state index in [0.29, 0.717) is 33.2 Å². The van der Waals surface area contributed by atoms with Crippen LogP contribution >= 0.6 is 11.6 Å². The fourth-order valence-corrected chi connectivity index (χ4v) is 2.94. The van der Waals surface area contributed by atoms with Gasteiger partial charge in [0, 0.05) is 16.1 Å². The molecule has 0 fully saturated rings. The molecule has 0 radical (unpaired) electrons. The number of Topliss-reactive ketones (excluding diaryl/α,β-unsaturated/α-hetero) is 1. The zero-order valence-corrected chi connectivity index (χ0v) is 17.0. The Hall–Kier alpha value is -3.64. The van der Waals surface area contributed by atoms with Crippen molar-refractivity contribution in [1.82, 2.24) is 0 Å². The number of carbonyl (C=O) groups is 3. The Kier molecular flexibility index (Phi) is 6.83. The first-order valence-electron chi connectivity index (χ1n) is 9.23. The summed E-state index contributed by atoms with van der Waals surface area (Å²) in [6, 6.07) is 20.4. The summed E-state index contributed by atoms with van der Waals surface area (Å²) in [7, 11) is 0. The second kappa shape index (κ2) is 9.71. The molecule has 0 saturated carbocycles. The number of hydrogen-bond acceptors (Lipinski definition) is 4. The number of rotatable bonds is 7. The molecule has 3 aromatic carbocycles. The van der Waals surface area contributed by atoms with Crippen molar-refractivity contribution in [3.63, 3.8) is 0 Å². The van der Waals surface area contributed by atoms with Crippen LogP contribution in [0.25, 0.3) is 0 Å². The minimum absolute atomic E-state index is 0.0416. The van der Waals surface area contributed by atoms with E-state index in [-0.39, 0.29) is 24.1 Å². The summed E-state index contributed by atoms with van der Waals surface area (Å²) >= 11 is 5.86. The van der Waals surface area contributed by atoms with Crippen LogP contribution in [0.5, 0.6) is 0 Å². The van der Waals surface area contributed by atoms with Crippen LogP contribution in [-0.2, 0) is 4.79 Å². The summed E-state index contributed by atoms with van der Waals surface area (Å²) in [4.78, 5) is 36.5. The van der Waals surface area contributed by atoms with E-state index in [1.165, 1.54) is 6.92 Å². The highest BCUT2D eigenvalue weighted by atomic mass is 35.5. The fraction of sp³-hybridized carbons (Fsp3) is 0.0870. The van der Waals surface area contributed by atoms with Gasteiger partial charge in [-0.3, -0.25) is 14.4 Å². The highest BCUT2D eigenvalue weighted by Crippen LogP contribution is 2.22. The minimum Gasteiger partial charge on any atom is -0.374 e. The largest absolute Gasteiger partial charge is 0.374 e. The third kappa shape index (κ3) is 5.46. The van der Waals surface area contributed by atoms with Crippen molar-refractivity contribution < 1.29 is 14.4 Å². The Balaban J connectivity index is 1.65. The Morgan fingerprint density at radius 2 is 1.37 bits per heavy atom. The van der Waals surface area contributed by atoms with Crippen molar-refractivity contribution in [2.24, 2.45) is 0 Å². The third-order valence-electron chi connectivity index (χ3n) is 4.30. The molecule has 0 bridgehead atoms. The van der Waals surface area contributed by atoms with Crippen molar-refractivity contribution >= 4 is 46.3 Å². The van der Waals surface area contributed by atoms with Crippen molar-refractivity contribution in [2.75, 3.05) is 22.5 Å². The van der Waals surface area contributed by atoms with E-state index in [1.807, 2.05) is 0 Å². The normalized spacial score (nSPS) is 10.2. The first-order chi connectivity index (χ1) is 14.4. The standard InChI is InChI=1S/C23H20ClN3O3/c1-15(28)18-6-2-3-7-19(18)26-22(29)14-25-20-8-4-5-9-21(20)27-23(30)16-10-12-17(24)13-11-16/h2-13,25H,14H2,1H3,(H,26,29)(H,27,30). The van der Waals surface area contributed by atoms with Gasteiger partial charge >= 0.3 is 0 Å². The van der Waals surface area contributed by atoms with E-state index in [0.717, 1.165) is 0 Å². The SMILES string of the molecule is CC(=O)c1ccccc1NC(=O)CNc1ccccc1NC(=O)c1ccc(Cl)cc1. The summed E-state index contributed by atoms with van der Waals surface area (Å²) < 4.78 is 0. The summed E-state index contributed by atoms with van der Waals surface area (Å²) in [6.07, 6.45) is 0. The molecule has 0 atom stereocenters. The Labute approximate surface area is 179 Å². The van der Waals surface area contributed by atoms with Crippen LogP contribution in [-0.4, -0.2) is 24.1 Å². The van der Waals surface area contributed by atoms with E-state index in [4.69, 9.17) is 11.6 Å². The molecule has 0 aliphatic heterocycles. The van der Waals surface area contributed by atoms with Gasteiger partial charge in [-0.25, -0.2) is 0 Å². The number of benzene rings is 3. The Morgan fingerprint density at radius 1 is 0.767 bits per heavy atom. The van der Waals surface area contributed by atoms with Crippen LogP contribution < -0.4 is 16.0 Å². The maximum atomic E-state index is 12.5.